The molecule has 392 valence electrons. The summed E-state index contributed by atoms with van der Waals surface area (Å²) in [6.45, 7) is 31.8. The predicted octanol–water partition coefficient (Wildman–Crippen LogP) is 8.01. The Morgan fingerprint density at radius 3 is 1.90 bits per heavy atom. The topological polar surface area (TPSA) is 165 Å². The van der Waals surface area contributed by atoms with Crippen molar-refractivity contribution in [1.29, 1.82) is 0 Å². The highest BCUT2D eigenvalue weighted by molar-refractivity contribution is 6.70. The SMILES string of the molecule is CC[C@H]1OC(=O)[C@H](C)[C@@H](O[C@H]2C[C@@](C)(OC)[C@@H](O[Si](C)(C)C)[C@H](C)O2)[C@H](C)[C@@H](O[C@@H]2O[C@H](C)C[C@H](N(C)C)[C@H]2O[Si](C)(C)C)[C@](C)(OC)C[C@H](C)/C(=N\OC2C=CC=CC=C2)[C@H](C)[C@@H](O)[C@]1(C)O. The summed E-state index contributed by atoms with van der Waals surface area (Å²) in [6.07, 6.45) is 4.95. The van der Waals surface area contributed by atoms with Gasteiger partial charge in [-0.2, -0.15) is 0 Å². The molecular formula is C51H92N2O13Si2. The van der Waals surface area contributed by atoms with Crippen LogP contribution in [-0.4, -0.2) is 162 Å². The van der Waals surface area contributed by atoms with E-state index < -0.39 is 118 Å². The summed E-state index contributed by atoms with van der Waals surface area (Å²) >= 11 is 0. The van der Waals surface area contributed by atoms with Crippen LogP contribution in [0.4, 0.5) is 0 Å². The molecule has 0 radical (unpaired) electrons. The van der Waals surface area contributed by atoms with E-state index in [9.17, 15) is 15.0 Å². The number of hydrogen-bond donors (Lipinski definition) is 2. The fourth-order valence-corrected chi connectivity index (χ4v) is 12.9. The maximum atomic E-state index is 14.8. The number of likely N-dealkylation sites (N-methyl/N-ethyl adjacent to an activating group) is 1. The number of methoxy groups -OCH3 is 2. The number of oxime groups is 1. The first kappa shape index (κ1) is 58.7. The second kappa shape index (κ2) is 23.8. The standard InChI is InChI=1S/C51H92N2O13Si2/c1-21-39-51(10,56)44(54)33(4)41(52-64-37-26-24-22-23-25-27-37)31(2)29-49(8,57-13)45(63-48-43(65-67(15,16)17)38(53(11)12)28-32(3)59-48)34(5)42(35(6)47(55)61-39)62-40-30-50(9,58-14)46(36(7)60-40)66-68(18,19)20/h22-27,31-40,42-46,48,54,56H,21,28-30H2,1-20H3/b52-41+/t31-,32+,33-,34-,35+,36-,38-,39+,40-,42-,43+,44+,45+,46-,48-,49+,50+,51+/m0/s1. The van der Waals surface area contributed by atoms with Gasteiger partial charge < -0.3 is 62.0 Å². The van der Waals surface area contributed by atoms with Crippen molar-refractivity contribution in [2.45, 2.75) is 225 Å². The van der Waals surface area contributed by atoms with Crippen LogP contribution in [0.1, 0.15) is 94.9 Å². The predicted molar refractivity (Wildman–Crippen MR) is 270 cm³/mol. The smallest absolute Gasteiger partial charge is 0.311 e. The summed E-state index contributed by atoms with van der Waals surface area (Å²) in [5.41, 5.74) is -3.37. The lowest BCUT2D eigenvalue weighted by Crippen LogP contribution is -2.63. The Bertz CT molecular complexity index is 1730. The number of nitrogens with zero attached hydrogens (tertiary/aromatic N) is 2. The molecule has 17 heteroatoms. The van der Waals surface area contributed by atoms with E-state index in [-0.39, 0.29) is 24.7 Å². The van der Waals surface area contributed by atoms with Crippen molar-refractivity contribution in [3.05, 3.63) is 36.5 Å². The third-order valence-corrected chi connectivity index (χ3v) is 16.4. The van der Waals surface area contributed by atoms with Crippen LogP contribution >= 0.6 is 0 Å². The summed E-state index contributed by atoms with van der Waals surface area (Å²) in [4.78, 5) is 23.2. The minimum absolute atomic E-state index is 0.0348. The first-order chi connectivity index (χ1) is 31.4. The maximum Gasteiger partial charge on any atom is 0.311 e. The Labute approximate surface area is 411 Å². The van der Waals surface area contributed by atoms with Crippen molar-refractivity contribution in [1.82, 2.24) is 4.90 Å². The molecule has 0 unspecified atom stereocenters. The van der Waals surface area contributed by atoms with Crippen molar-refractivity contribution in [3.63, 3.8) is 0 Å². The first-order valence-electron chi connectivity index (χ1n) is 25.0. The Kier molecular flexibility index (Phi) is 20.5. The van der Waals surface area contributed by atoms with E-state index in [0.29, 0.717) is 18.6 Å². The third-order valence-electron chi connectivity index (χ3n) is 14.4. The van der Waals surface area contributed by atoms with Crippen molar-refractivity contribution < 1.29 is 61.9 Å². The van der Waals surface area contributed by atoms with Gasteiger partial charge in [0.1, 0.15) is 17.8 Å². The number of ether oxygens (including phenoxy) is 7. The molecule has 4 aliphatic rings. The molecule has 3 heterocycles. The van der Waals surface area contributed by atoms with Gasteiger partial charge in [-0.1, -0.05) is 57.2 Å². The van der Waals surface area contributed by atoms with Gasteiger partial charge in [0.2, 0.25) is 0 Å². The van der Waals surface area contributed by atoms with E-state index in [0.717, 1.165) is 6.42 Å². The molecule has 15 nitrogen and oxygen atoms in total. The molecule has 18 atom stereocenters. The molecule has 3 saturated heterocycles. The molecular weight excluding hydrogens is 905 g/mol. The average Bonchev–Trinajstić information content (AvgIpc) is 3.52. The van der Waals surface area contributed by atoms with Crippen LogP contribution in [0.2, 0.25) is 39.3 Å². The highest BCUT2D eigenvalue weighted by Crippen LogP contribution is 2.43. The molecule has 1 aliphatic carbocycles. The van der Waals surface area contributed by atoms with Crippen LogP contribution in [0.25, 0.3) is 0 Å². The molecule has 4 rings (SSSR count). The van der Waals surface area contributed by atoms with Crippen LogP contribution in [0.15, 0.2) is 41.6 Å². The van der Waals surface area contributed by atoms with Gasteiger partial charge in [0.25, 0.3) is 0 Å². The highest BCUT2D eigenvalue weighted by atomic mass is 28.4. The molecule has 0 saturated carbocycles. The first-order valence-corrected chi connectivity index (χ1v) is 31.8. The molecule has 0 amide bonds. The quantitative estimate of drug-likeness (QED) is 0.0977. The minimum atomic E-state index is -2.20. The highest BCUT2D eigenvalue weighted by Gasteiger charge is 2.55. The average molecular weight is 997 g/mol. The fourth-order valence-electron chi connectivity index (χ4n) is 10.6. The number of carbonyl (C=O) groups is 1. The largest absolute Gasteiger partial charge is 0.459 e. The molecule has 2 N–H and O–H groups in total. The Balaban J connectivity index is 1.97. The van der Waals surface area contributed by atoms with Gasteiger partial charge in [-0.05, 0) is 126 Å². The van der Waals surface area contributed by atoms with Crippen molar-refractivity contribution in [3.8, 4) is 0 Å². The lowest BCUT2D eigenvalue weighted by Gasteiger charge is -2.51. The van der Waals surface area contributed by atoms with Crippen LogP contribution in [0.3, 0.4) is 0 Å². The summed E-state index contributed by atoms with van der Waals surface area (Å²) in [7, 11) is 3.19. The molecule has 0 aromatic rings. The van der Waals surface area contributed by atoms with Crippen molar-refractivity contribution in [2.75, 3.05) is 28.3 Å². The number of allylic oxidation sites excluding steroid dienone is 4. The zero-order chi connectivity index (χ0) is 51.3. The Morgan fingerprint density at radius 1 is 0.794 bits per heavy atom. The molecule has 0 aromatic heterocycles. The van der Waals surface area contributed by atoms with Crippen LogP contribution in [-0.2, 0) is 51.6 Å². The van der Waals surface area contributed by atoms with E-state index in [2.05, 4.69) is 58.3 Å². The van der Waals surface area contributed by atoms with E-state index >= 15 is 0 Å². The van der Waals surface area contributed by atoms with Gasteiger partial charge in [0.15, 0.2) is 35.3 Å². The van der Waals surface area contributed by atoms with E-state index in [4.69, 9.17) is 52.0 Å². The number of carbonyl (C=O) groups excluding carboxylic acids is 1. The molecule has 0 bridgehead atoms. The van der Waals surface area contributed by atoms with Crippen molar-refractivity contribution in [2.24, 2.45) is 28.8 Å². The van der Waals surface area contributed by atoms with Crippen LogP contribution in [0.5, 0.6) is 0 Å². The fraction of sp³-hybridized carbons (Fsp3) is 0.843. The molecule has 0 aromatic carbocycles. The second-order valence-corrected chi connectivity index (χ2v) is 31.8. The number of aliphatic hydroxyl groups is 2. The van der Waals surface area contributed by atoms with Gasteiger partial charge in [0, 0.05) is 44.4 Å². The van der Waals surface area contributed by atoms with Gasteiger partial charge >= 0.3 is 5.97 Å². The zero-order valence-electron chi connectivity index (χ0n) is 45.3. The Morgan fingerprint density at radius 2 is 1.37 bits per heavy atom. The number of esters is 1. The number of hydrogen-bond acceptors (Lipinski definition) is 15. The number of aliphatic hydroxyl groups excluding tert-OH is 1. The molecule has 3 aliphatic heterocycles. The van der Waals surface area contributed by atoms with Crippen LogP contribution in [0, 0.1) is 23.7 Å². The normalized spacial score (nSPS) is 42.5. The van der Waals surface area contributed by atoms with E-state index in [1.165, 1.54) is 6.92 Å². The van der Waals surface area contributed by atoms with Gasteiger partial charge in [-0.25, -0.2) is 0 Å². The Hall–Kier alpha value is -1.85. The lowest BCUT2D eigenvalue weighted by atomic mass is 9.73. The second-order valence-electron chi connectivity index (χ2n) is 22.9. The summed E-state index contributed by atoms with van der Waals surface area (Å²) in [5.74, 6) is -3.40. The minimum Gasteiger partial charge on any atom is -0.459 e. The summed E-state index contributed by atoms with van der Waals surface area (Å²) in [6, 6.07) is -0.0348. The monoisotopic (exact) mass is 997 g/mol. The van der Waals surface area contributed by atoms with E-state index in [1.807, 2.05) is 84.9 Å². The third kappa shape index (κ3) is 14.7. The van der Waals surface area contributed by atoms with Gasteiger partial charge in [0.05, 0.1) is 59.5 Å². The molecule has 68 heavy (non-hydrogen) atoms. The van der Waals surface area contributed by atoms with Crippen LogP contribution < -0.4 is 0 Å². The lowest BCUT2D eigenvalue weighted by molar-refractivity contribution is -0.316. The maximum absolute atomic E-state index is 14.8. The number of rotatable bonds is 14. The van der Waals surface area contributed by atoms with Gasteiger partial charge in [-0.15, -0.1) is 0 Å². The zero-order valence-corrected chi connectivity index (χ0v) is 47.3. The summed E-state index contributed by atoms with van der Waals surface area (Å²) < 4.78 is 61.1. The summed E-state index contributed by atoms with van der Waals surface area (Å²) in [5, 5.41) is 29.3. The van der Waals surface area contributed by atoms with Gasteiger partial charge in [-0.3, -0.25) is 4.79 Å². The number of cyclic esters (lactones) is 1. The van der Waals surface area contributed by atoms with E-state index in [1.54, 1.807) is 28.1 Å². The molecule has 0 spiro atoms. The molecule has 3 fully saturated rings. The van der Waals surface area contributed by atoms with Crippen molar-refractivity contribution >= 4 is 28.3 Å².